The van der Waals surface area contributed by atoms with Crippen molar-refractivity contribution >= 4 is 80.9 Å². The number of carbonyl (C=O) groups excluding carboxylic acids is 2. The molecule has 0 spiro atoms. The van der Waals surface area contributed by atoms with E-state index in [1.165, 1.54) is 23.5 Å². The predicted octanol–water partition coefficient (Wildman–Crippen LogP) is 11.3. The van der Waals surface area contributed by atoms with E-state index >= 15 is 4.39 Å². The molecule has 94 heavy (non-hydrogen) atoms. The van der Waals surface area contributed by atoms with Crippen molar-refractivity contribution in [3.05, 3.63) is 193 Å². The molecule has 488 valence electrons. The molecule has 0 bridgehead atoms. The fourth-order valence-corrected chi connectivity index (χ4v) is 14.7. The lowest BCUT2D eigenvalue weighted by Gasteiger charge is -2.42. The summed E-state index contributed by atoms with van der Waals surface area (Å²) < 4.78 is 98.1. The number of nitrogens with zero attached hydrogens (tertiary/aromatic N) is 9. The standard InChI is InChI=1S/C64H66FN11O14P2SSi/c1-63(2,3)94(6,7)90-53-47(34-83-64(42-22-15-10-16-23-42,43-24-28-45(81-4)29-25-43)44-26-30-46(82-5)31-27-44)87-62(76-39-72-51-56(68-37-70-58(51)76)74-60(78)41-20-13-9-14-21-41)54(53)89-92(93,84-33-17-32-66)85-35-48-52(88-91(79)80)49(65)61(86-48)75-38-71-50-55(67-36-69-57(50)75)73-59(77)40-18-11-8-12-19-40/h8-16,18-31,36-39,47-49,52-54,61-62H,17,33-35H2,1-7H3,(H2-,67,68,69,70,73,74,77,78,79,80)/p+1/t47-,48-,49-,52-,53-,54-,61-,62-,92?/m1/s1. The summed E-state index contributed by atoms with van der Waals surface area (Å²) in [5, 5.41) is 15.0. The van der Waals surface area contributed by atoms with Crippen LogP contribution in [0.15, 0.2) is 165 Å². The van der Waals surface area contributed by atoms with Crippen LogP contribution in [0.2, 0.25) is 18.1 Å². The minimum absolute atomic E-state index is 0.0136. The molecule has 10 atom stereocenters. The third-order valence-electron chi connectivity index (χ3n) is 16.6. The third kappa shape index (κ3) is 14.2. The van der Waals surface area contributed by atoms with Gasteiger partial charge in [-0.3, -0.25) is 23.2 Å². The minimum atomic E-state index is -4.36. The van der Waals surface area contributed by atoms with Gasteiger partial charge in [-0.25, -0.2) is 34.3 Å². The van der Waals surface area contributed by atoms with Gasteiger partial charge in [0.25, 0.3) is 11.8 Å². The van der Waals surface area contributed by atoms with E-state index in [2.05, 4.69) is 75.5 Å². The van der Waals surface area contributed by atoms with Crippen molar-refractivity contribution in [1.29, 1.82) is 5.26 Å². The van der Waals surface area contributed by atoms with Crippen LogP contribution in [0.4, 0.5) is 16.0 Å². The van der Waals surface area contributed by atoms with Crippen LogP contribution in [0.5, 0.6) is 11.5 Å². The van der Waals surface area contributed by atoms with E-state index < -0.39 is 101 Å². The number of ether oxygens (including phenoxy) is 5. The van der Waals surface area contributed by atoms with E-state index in [1.54, 1.807) is 79.5 Å². The Morgan fingerprint density at radius 2 is 1.16 bits per heavy atom. The monoisotopic (exact) mass is 1350 g/mol. The van der Waals surface area contributed by atoms with Crippen LogP contribution < -0.4 is 20.1 Å². The molecule has 30 heteroatoms. The SMILES string of the molecule is COc1ccc(C(OC[C@H]2O[C@@H](n3cnc4c(NC(=O)c5ccccc5)ncnc43)[C@H](OP(=S)(OCCC#N)OC[C@H]3O[C@@H](n4cnc5c(NC(=O)c6ccccc6)ncnc54)[C@H](F)[C@@H]3O[P+](=O)O)[C@@H]2O[Si](C)(C)C(C)(C)C)(c2ccccc2)c2ccc(OC)cc2)cc1. The van der Waals surface area contributed by atoms with Crippen molar-refractivity contribution < 1.29 is 69.6 Å². The first-order valence-corrected chi connectivity index (χ1v) is 36.3. The molecule has 0 radical (unpaired) electrons. The van der Waals surface area contributed by atoms with Crippen molar-refractivity contribution in [2.24, 2.45) is 0 Å². The molecule has 3 N–H and O–H groups in total. The first-order valence-electron chi connectivity index (χ1n) is 29.7. The van der Waals surface area contributed by atoms with Gasteiger partial charge in [0.1, 0.15) is 54.2 Å². The lowest BCUT2D eigenvalue weighted by molar-refractivity contribution is -0.0930. The first-order chi connectivity index (χ1) is 45.2. The highest BCUT2D eigenvalue weighted by Gasteiger charge is 2.56. The zero-order valence-electron chi connectivity index (χ0n) is 52.0. The number of carbonyl (C=O) groups is 2. The number of benzene rings is 5. The Morgan fingerprint density at radius 3 is 1.65 bits per heavy atom. The van der Waals surface area contributed by atoms with E-state index in [0.29, 0.717) is 22.6 Å². The fourth-order valence-electron chi connectivity index (χ4n) is 10.8. The number of rotatable bonds is 26. The number of fused-ring (bicyclic) bond motifs is 2. The molecule has 0 saturated carbocycles. The first kappa shape index (κ1) is 67.2. The summed E-state index contributed by atoms with van der Waals surface area (Å²) in [6.07, 6.45) is -7.13. The Morgan fingerprint density at radius 1 is 0.681 bits per heavy atom. The minimum Gasteiger partial charge on any atom is -0.497 e. The van der Waals surface area contributed by atoms with Crippen molar-refractivity contribution in [2.75, 3.05) is 44.7 Å². The predicted molar refractivity (Wildman–Crippen MR) is 348 cm³/mol. The van der Waals surface area contributed by atoms with Crippen LogP contribution in [0, 0.1) is 11.3 Å². The lowest BCUT2D eigenvalue weighted by atomic mass is 9.80. The van der Waals surface area contributed by atoms with E-state index in [-0.39, 0.29) is 53.6 Å². The molecule has 5 aromatic carbocycles. The second kappa shape index (κ2) is 28.8. The van der Waals surface area contributed by atoms with E-state index in [0.717, 1.165) is 23.0 Å². The Balaban J connectivity index is 0.997. The van der Waals surface area contributed by atoms with Crippen molar-refractivity contribution in [3.8, 4) is 17.6 Å². The molecule has 2 saturated heterocycles. The molecular weight excluding hydrogens is 1290 g/mol. The Hall–Kier alpha value is -8.23. The van der Waals surface area contributed by atoms with Gasteiger partial charge in [-0.1, -0.05) is 112 Å². The second-order valence-corrected chi connectivity index (χ2v) is 31.7. The molecule has 2 aliphatic rings. The topological polar surface area (TPSA) is 299 Å². The summed E-state index contributed by atoms with van der Waals surface area (Å²) in [6.45, 7) is 4.72. The van der Waals surface area contributed by atoms with Crippen LogP contribution in [0.3, 0.4) is 0 Å². The summed E-state index contributed by atoms with van der Waals surface area (Å²) >= 11 is 6.38. The fraction of sp³-hybridized carbons (Fsp3) is 0.328. The van der Waals surface area contributed by atoms with E-state index in [1.807, 2.05) is 78.9 Å². The molecule has 6 heterocycles. The zero-order chi connectivity index (χ0) is 66.4. The number of alkyl halides is 1. The maximum absolute atomic E-state index is 17.2. The number of nitriles is 1. The molecule has 25 nitrogen and oxygen atoms in total. The number of methoxy groups -OCH3 is 2. The smallest absolute Gasteiger partial charge is 0.497 e. The normalized spacial score (nSPS) is 20.7. The average molecular weight is 1360 g/mol. The van der Waals surface area contributed by atoms with Gasteiger partial charge in [-0.15, -0.1) is 9.42 Å². The summed E-state index contributed by atoms with van der Waals surface area (Å²) in [7, 11) is -3.28. The number of aromatic nitrogens is 8. The number of halogens is 1. The van der Waals surface area contributed by atoms with Gasteiger partial charge in [-0.2, -0.15) is 5.26 Å². The van der Waals surface area contributed by atoms with Crippen LogP contribution in [0.25, 0.3) is 22.3 Å². The highest BCUT2D eigenvalue weighted by atomic mass is 32.5. The highest BCUT2D eigenvalue weighted by molar-refractivity contribution is 8.07. The molecular formula is C64H67FN11O14P2SSi+. The van der Waals surface area contributed by atoms with Gasteiger partial charge in [0.05, 0.1) is 59.2 Å². The van der Waals surface area contributed by atoms with Crippen molar-refractivity contribution in [3.63, 3.8) is 0 Å². The van der Waals surface area contributed by atoms with Gasteiger partial charge in [-0.05, 0) is 95.2 Å². The molecule has 9 aromatic rings. The molecule has 2 amide bonds. The quantitative estimate of drug-likeness (QED) is 0.0196. The Labute approximate surface area is 547 Å². The Bertz CT molecular complexity index is 4190. The van der Waals surface area contributed by atoms with Crippen molar-refractivity contribution in [1.82, 2.24) is 39.0 Å². The third-order valence-corrected chi connectivity index (χ3v) is 23.8. The van der Waals surface area contributed by atoms with Gasteiger partial charge >= 0.3 is 15.0 Å². The Kier molecular flexibility index (Phi) is 20.6. The number of imidazole rings is 2. The van der Waals surface area contributed by atoms with Gasteiger partial charge in [0, 0.05) is 15.7 Å². The summed E-state index contributed by atoms with van der Waals surface area (Å²) in [5.74, 6) is 0.357. The van der Waals surface area contributed by atoms with E-state index in [9.17, 15) is 24.3 Å². The maximum atomic E-state index is 17.2. The van der Waals surface area contributed by atoms with Crippen LogP contribution in [0.1, 0.15) is 77.1 Å². The molecule has 0 aliphatic carbocycles. The largest absolute Gasteiger partial charge is 0.695 e. The summed E-state index contributed by atoms with van der Waals surface area (Å²) in [5.41, 5.74) is 1.97. The highest BCUT2D eigenvalue weighted by Crippen LogP contribution is 2.57. The zero-order valence-corrected chi connectivity index (χ0v) is 55.6. The molecule has 2 unspecified atom stereocenters. The summed E-state index contributed by atoms with van der Waals surface area (Å²) in [4.78, 5) is 64.0. The second-order valence-electron chi connectivity index (χ2n) is 23.3. The number of hydrogen-bond acceptors (Lipinski definition) is 21. The van der Waals surface area contributed by atoms with Crippen LogP contribution >= 0.6 is 15.0 Å². The number of nitrogens with one attached hydrogen (secondary N) is 2. The molecule has 2 fully saturated rings. The summed E-state index contributed by atoms with van der Waals surface area (Å²) in [6, 6.07) is 43.8. The maximum Gasteiger partial charge on any atom is 0.695 e. The molecule has 4 aromatic heterocycles. The van der Waals surface area contributed by atoms with Gasteiger partial charge < -0.3 is 47.8 Å². The average Bonchev–Trinajstić information content (AvgIpc) is 1.56. The van der Waals surface area contributed by atoms with Gasteiger partial charge in [0.15, 0.2) is 67.0 Å². The molecule has 11 rings (SSSR count). The van der Waals surface area contributed by atoms with Crippen LogP contribution in [-0.4, -0.2) is 135 Å². The molecule has 2 aliphatic heterocycles. The van der Waals surface area contributed by atoms with Gasteiger partial charge in [0.2, 0.25) is 0 Å². The number of anilines is 2. The lowest BCUT2D eigenvalue weighted by Crippen LogP contribution is -2.50. The van der Waals surface area contributed by atoms with E-state index in [4.69, 9.17) is 63.0 Å². The number of hydrogen-bond donors (Lipinski definition) is 3. The van der Waals surface area contributed by atoms with Crippen LogP contribution in [-0.2, 0) is 58.7 Å². The van der Waals surface area contributed by atoms with Crippen molar-refractivity contribution in [2.45, 2.75) is 100 Å². The number of amides is 2.